The molecular formula is C21H21BrN2O2S2. The molecule has 0 bridgehead atoms. The van der Waals surface area contributed by atoms with Gasteiger partial charge in [0, 0.05) is 37.1 Å². The first-order chi connectivity index (χ1) is 13.6. The fourth-order valence-electron chi connectivity index (χ4n) is 2.58. The molecule has 0 radical (unpaired) electrons. The molecule has 146 valence electrons. The van der Waals surface area contributed by atoms with E-state index in [4.69, 9.17) is 10.5 Å². The highest BCUT2D eigenvalue weighted by Crippen LogP contribution is 2.32. The quantitative estimate of drug-likeness (QED) is 0.322. The van der Waals surface area contributed by atoms with Crippen LogP contribution in [0.25, 0.3) is 0 Å². The number of nitrogens with two attached hydrogens (primary N) is 1. The van der Waals surface area contributed by atoms with Gasteiger partial charge < -0.3 is 15.8 Å². The number of rotatable bonds is 8. The molecule has 7 heteroatoms. The number of thiophene rings is 1. The average Bonchev–Trinajstić information content (AvgIpc) is 3.11. The number of nitrogens with one attached hydrogen (secondary N) is 1. The molecule has 3 aromatic rings. The smallest absolute Gasteiger partial charge is 0.407 e. The van der Waals surface area contributed by atoms with E-state index in [-0.39, 0.29) is 11.9 Å². The van der Waals surface area contributed by atoms with Gasteiger partial charge >= 0.3 is 6.09 Å². The Labute approximate surface area is 181 Å². The summed E-state index contributed by atoms with van der Waals surface area (Å²) in [5, 5.41) is 5.09. The van der Waals surface area contributed by atoms with E-state index in [1.165, 1.54) is 4.88 Å². The van der Waals surface area contributed by atoms with Gasteiger partial charge in [0.2, 0.25) is 0 Å². The van der Waals surface area contributed by atoms with Crippen molar-refractivity contribution in [3.05, 3.63) is 81.0 Å². The lowest BCUT2D eigenvalue weighted by molar-refractivity contribution is 0.139. The maximum absolute atomic E-state index is 12.1. The Bertz CT molecular complexity index is 902. The molecule has 1 unspecified atom stereocenters. The number of thioether (sulfide) groups is 1. The van der Waals surface area contributed by atoms with Crippen molar-refractivity contribution >= 4 is 50.8 Å². The number of anilines is 1. The third-order valence-electron chi connectivity index (χ3n) is 3.95. The SMILES string of the molecule is Nc1ccccc1SC(CNC(=O)OCc1ccccc1)Cc1cc(Br)cs1. The first kappa shape index (κ1) is 20.8. The number of amides is 1. The topological polar surface area (TPSA) is 64.3 Å². The van der Waals surface area contributed by atoms with Crippen LogP contribution in [0.5, 0.6) is 0 Å². The van der Waals surface area contributed by atoms with Crippen LogP contribution in [0, 0.1) is 0 Å². The fourth-order valence-corrected chi connectivity index (χ4v) is 5.37. The second-order valence-corrected chi connectivity index (χ2v) is 9.41. The second kappa shape index (κ2) is 10.5. The summed E-state index contributed by atoms with van der Waals surface area (Å²) < 4.78 is 6.39. The van der Waals surface area contributed by atoms with Crippen LogP contribution in [0.3, 0.4) is 0 Å². The summed E-state index contributed by atoms with van der Waals surface area (Å²) in [6, 6.07) is 19.5. The molecule has 0 aliphatic rings. The molecule has 2 aromatic carbocycles. The molecule has 0 aliphatic heterocycles. The number of para-hydroxylation sites is 1. The van der Waals surface area contributed by atoms with E-state index in [0.29, 0.717) is 6.54 Å². The number of hydrogen-bond acceptors (Lipinski definition) is 5. The first-order valence-corrected chi connectivity index (χ1v) is 11.3. The van der Waals surface area contributed by atoms with Crippen LogP contribution >= 0.6 is 39.0 Å². The average molecular weight is 477 g/mol. The van der Waals surface area contributed by atoms with Crippen LogP contribution in [0.15, 0.2) is 75.4 Å². The lowest BCUT2D eigenvalue weighted by atomic mass is 10.2. The molecule has 0 aliphatic carbocycles. The van der Waals surface area contributed by atoms with Crippen molar-refractivity contribution in [3.63, 3.8) is 0 Å². The number of ether oxygens (including phenoxy) is 1. The summed E-state index contributed by atoms with van der Waals surface area (Å²) >= 11 is 6.87. The maximum Gasteiger partial charge on any atom is 0.407 e. The molecular weight excluding hydrogens is 456 g/mol. The van der Waals surface area contributed by atoms with Gasteiger partial charge in [-0.15, -0.1) is 23.1 Å². The Morgan fingerprint density at radius 1 is 1.18 bits per heavy atom. The lowest BCUT2D eigenvalue weighted by Gasteiger charge is -2.18. The zero-order valence-electron chi connectivity index (χ0n) is 15.1. The summed E-state index contributed by atoms with van der Waals surface area (Å²) in [6.07, 6.45) is 0.414. The minimum absolute atomic E-state index is 0.138. The summed E-state index contributed by atoms with van der Waals surface area (Å²) in [6.45, 7) is 0.746. The highest BCUT2D eigenvalue weighted by atomic mass is 79.9. The van der Waals surface area contributed by atoms with Crippen molar-refractivity contribution in [1.29, 1.82) is 0 Å². The Hall–Kier alpha value is -1.96. The van der Waals surface area contributed by atoms with Crippen molar-refractivity contribution in [2.75, 3.05) is 12.3 Å². The Morgan fingerprint density at radius 2 is 1.93 bits per heavy atom. The normalized spacial score (nSPS) is 11.8. The molecule has 1 aromatic heterocycles. The van der Waals surface area contributed by atoms with Gasteiger partial charge in [-0.05, 0) is 46.1 Å². The van der Waals surface area contributed by atoms with E-state index in [1.807, 2.05) is 54.6 Å². The van der Waals surface area contributed by atoms with E-state index in [1.54, 1.807) is 23.1 Å². The predicted molar refractivity (Wildman–Crippen MR) is 121 cm³/mol. The zero-order chi connectivity index (χ0) is 19.8. The molecule has 0 saturated carbocycles. The minimum atomic E-state index is -0.414. The van der Waals surface area contributed by atoms with Crippen LogP contribution in [0.4, 0.5) is 10.5 Å². The molecule has 3 N–H and O–H groups in total. The number of carbonyl (C=O) groups is 1. The molecule has 28 heavy (non-hydrogen) atoms. The van der Waals surface area contributed by atoms with Gasteiger partial charge in [-0.1, -0.05) is 42.5 Å². The number of hydrogen-bond donors (Lipinski definition) is 2. The van der Waals surface area contributed by atoms with Gasteiger partial charge in [0.05, 0.1) is 0 Å². The summed E-state index contributed by atoms with van der Waals surface area (Å²) in [5.74, 6) is 0. The van der Waals surface area contributed by atoms with Crippen LogP contribution in [0.2, 0.25) is 0 Å². The van der Waals surface area contributed by atoms with E-state index >= 15 is 0 Å². The number of benzene rings is 2. The maximum atomic E-state index is 12.1. The fraction of sp³-hybridized carbons (Fsp3) is 0.190. The van der Waals surface area contributed by atoms with Crippen molar-refractivity contribution in [2.45, 2.75) is 23.2 Å². The molecule has 3 rings (SSSR count). The highest BCUT2D eigenvalue weighted by molar-refractivity contribution is 9.10. The Kier molecular flexibility index (Phi) is 7.82. The summed E-state index contributed by atoms with van der Waals surface area (Å²) in [4.78, 5) is 14.4. The van der Waals surface area contributed by atoms with Gasteiger partial charge in [-0.2, -0.15) is 0 Å². The van der Waals surface area contributed by atoms with Crippen LogP contribution < -0.4 is 11.1 Å². The third-order valence-corrected chi connectivity index (χ3v) is 6.96. The van der Waals surface area contributed by atoms with E-state index in [9.17, 15) is 4.79 Å². The largest absolute Gasteiger partial charge is 0.445 e. The van der Waals surface area contributed by atoms with Gasteiger partial charge in [0.15, 0.2) is 0 Å². The number of alkyl carbamates (subject to hydrolysis) is 1. The molecule has 1 amide bonds. The van der Waals surface area contributed by atoms with E-state index < -0.39 is 6.09 Å². The summed E-state index contributed by atoms with van der Waals surface area (Å²) in [5.41, 5.74) is 7.81. The zero-order valence-corrected chi connectivity index (χ0v) is 18.4. The van der Waals surface area contributed by atoms with Crippen LogP contribution in [0.1, 0.15) is 10.4 Å². The first-order valence-electron chi connectivity index (χ1n) is 8.79. The van der Waals surface area contributed by atoms with E-state index in [2.05, 4.69) is 32.7 Å². The molecule has 0 spiro atoms. The van der Waals surface area contributed by atoms with Gasteiger partial charge in [-0.3, -0.25) is 0 Å². The van der Waals surface area contributed by atoms with E-state index in [0.717, 1.165) is 27.0 Å². The molecule has 0 fully saturated rings. The standard InChI is InChI=1S/C21H21BrN2O2S2/c22-16-10-17(27-14-16)11-18(28-20-9-5-4-8-19(20)23)12-24-21(25)26-13-15-6-2-1-3-7-15/h1-10,14,18H,11-13,23H2,(H,24,25). The predicted octanol–water partition coefficient (Wildman–Crippen LogP) is 5.72. The minimum Gasteiger partial charge on any atom is -0.445 e. The van der Waals surface area contributed by atoms with Crippen molar-refractivity contribution in [1.82, 2.24) is 5.32 Å². The number of halogens is 1. The lowest BCUT2D eigenvalue weighted by Crippen LogP contribution is -2.32. The molecule has 4 nitrogen and oxygen atoms in total. The Morgan fingerprint density at radius 3 is 2.64 bits per heavy atom. The number of carbonyl (C=O) groups excluding carboxylic acids is 1. The summed E-state index contributed by atoms with van der Waals surface area (Å²) in [7, 11) is 0. The molecule has 1 atom stereocenters. The van der Waals surface area contributed by atoms with Crippen molar-refractivity contribution < 1.29 is 9.53 Å². The van der Waals surface area contributed by atoms with Gasteiger partial charge in [0.25, 0.3) is 0 Å². The van der Waals surface area contributed by atoms with Gasteiger partial charge in [-0.25, -0.2) is 4.79 Å². The van der Waals surface area contributed by atoms with Crippen LogP contribution in [-0.4, -0.2) is 17.9 Å². The Balaban J connectivity index is 1.58. The number of nitrogen functional groups attached to an aromatic ring is 1. The van der Waals surface area contributed by atoms with Crippen LogP contribution in [-0.2, 0) is 17.8 Å². The third kappa shape index (κ3) is 6.58. The van der Waals surface area contributed by atoms with Crippen molar-refractivity contribution in [3.8, 4) is 0 Å². The van der Waals surface area contributed by atoms with Gasteiger partial charge in [0.1, 0.15) is 6.61 Å². The molecule has 1 heterocycles. The highest BCUT2D eigenvalue weighted by Gasteiger charge is 2.16. The second-order valence-electron chi connectivity index (χ2n) is 6.16. The molecule has 0 saturated heterocycles. The monoisotopic (exact) mass is 476 g/mol. The van der Waals surface area contributed by atoms with Crippen molar-refractivity contribution in [2.24, 2.45) is 0 Å².